The van der Waals surface area contributed by atoms with Crippen LogP contribution in [0.15, 0.2) is 0 Å². The van der Waals surface area contributed by atoms with Crippen LogP contribution in [-0.4, -0.2) is 36.7 Å². The summed E-state index contributed by atoms with van der Waals surface area (Å²) in [5.41, 5.74) is 0.685. The van der Waals surface area contributed by atoms with Crippen molar-refractivity contribution < 1.29 is 4.74 Å². The van der Waals surface area contributed by atoms with Crippen LogP contribution < -0.4 is 0 Å². The minimum absolute atomic E-state index is 0.685. The minimum Gasteiger partial charge on any atom is -0.379 e. The van der Waals surface area contributed by atoms with Gasteiger partial charge in [0.25, 0.3) is 0 Å². The monoisotopic (exact) mass is 207 g/mol. The van der Waals surface area contributed by atoms with Gasteiger partial charge in [-0.25, -0.2) is 0 Å². The minimum atomic E-state index is 0.685. The summed E-state index contributed by atoms with van der Waals surface area (Å²) in [6.07, 6.45) is 7.59. The number of hydrogen-bond donors (Lipinski definition) is 0. The van der Waals surface area contributed by atoms with Crippen molar-refractivity contribution >= 4 is 0 Å². The van der Waals surface area contributed by atoms with Crippen LogP contribution >= 0.6 is 0 Å². The maximum Gasteiger partial charge on any atom is 0.0594 e. The van der Waals surface area contributed by atoms with E-state index in [2.05, 4.69) is 4.90 Å². The van der Waals surface area contributed by atoms with E-state index in [0.717, 1.165) is 31.0 Å². The molecule has 4 aliphatic rings. The Morgan fingerprint density at radius 3 is 2.60 bits per heavy atom. The first-order valence-corrected chi connectivity index (χ1v) is 6.76. The summed E-state index contributed by atoms with van der Waals surface area (Å²) in [5.74, 6) is 3.31. The van der Waals surface area contributed by atoms with Gasteiger partial charge in [-0.05, 0) is 43.4 Å². The molecule has 2 heteroatoms. The molecule has 1 saturated heterocycles. The van der Waals surface area contributed by atoms with Crippen molar-refractivity contribution in [1.82, 2.24) is 4.90 Å². The molecule has 1 aliphatic heterocycles. The lowest BCUT2D eigenvalue weighted by atomic mass is 10.0. The molecule has 3 atom stereocenters. The summed E-state index contributed by atoms with van der Waals surface area (Å²) in [6.45, 7) is 4.37. The second kappa shape index (κ2) is 2.98. The molecule has 0 unspecified atom stereocenters. The molecule has 0 N–H and O–H groups in total. The Kier molecular flexibility index (Phi) is 1.79. The van der Waals surface area contributed by atoms with E-state index >= 15 is 0 Å². The van der Waals surface area contributed by atoms with Crippen LogP contribution in [-0.2, 0) is 4.74 Å². The van der Waals surface area contributed by atoms with Crippen molar-refractivity contribution in [3.63, 3.8) is 0 Å². The van der Waals surface area contributed by atoms with Crippen molar-refractivity contribution in [3.05, 3.63) is 0 Å². The molecule has 1 heterocycles. The molecule has 0 amide bonds. The number of fused-ring (bicyclic) bond motifs is 1. The first-order valence-electron chi connectivity index (χ1n) is 6.76. The number of morpholine rings is 1. The molecular weight excluding hydrogens is 186 g/mol. The van der Waals surface area contributed by atoms with Crippen molar-refractivity contribution in [2.24, 2.45) is 17.8 Å². The molecule has 2 nitrogen and oxygen atoms in total. The maximum atomic E-state index is 5.49. The fourth-order valence-electron chi connectivity index (χ4n) is 4.70. The first-order chi connectivity index (χ1) is 7.43. The predicted molar refractivity (Wildman–Crippen MR) is 58.7 cm³/mol. The first kappa shape index (κ1) is 9.00. The van der Waals surface area contributed by atoms with Crippen LogP contribution in [0.1, 0.15) is 32.1 Å². The average molecular weight is 207 g/mol. The molecule has 84 valence electrons. The van der Waals surface area contributed by atoms with Crippen molar-refractivity contribution in [1.29, 1.82) is 0 Å². The summed E-state index contributed by atoms with van der Waals surface area (Å²) in [5, 5.41) is 0. The molecule has 0 aromatic carbocycles. The zero-order valence-corrected chi connectivity index (χ0v) is 9.45. The van der Waals surface area contributed by atoms with Gasteiger partial charge in [-0.1, -0.05) is 6.42 Å². The Morgan fingerprint density at radius 2 is 1.87 bits per heavy atom. The lowest BCUT2D eigenvalue weighted by Crippen LogP contribution is -2.46. The molecule has 15 heavy (non-hydrogen) atoms. The third-order valence-corrected chi connectivity index (χ3v) is 5.37. The molecular formula is C13H21NO. The highest BCUT2D eigenvalue weighted by molar-refractivity contribution is 5.25. The SMILES string of the molecule is C1C[C@H]2[C@H](C3CC3)[C@@]2(N2CCOCC2)C1. The van der Waals surface area contributed by atoms with Crippen LogP contribution in [0.3, 0.4) is 0 Å². The molecule has 3 aliphatic carbocycles. The van der Waals surface area contributed by atoms with E-state index < -0.39 is 0 Å². The van der Waals surface area contributed by atoms with E-state index in [1.165, 1.54) is 45.2 Å². The van der Waals surface area contributed by atoms with Gasteiger partial charge in [0.15, 0.2) is 0 Å². The Hall–Kier alpha value is -0.0800. The molecule has 0 radical (unpaired) electrons. The van der Waals surface area contributed by atoms with Gasteiger partial charge in [0.05, 0.1) is 13.2 Å². The van der Waals surface area contributed by atoms with E-state index in [9.17, 15) is 0 Å². The number of rotatable bonds is 2. The van der Waals surface area contributed by atoms with Crippen LogP contribution in [0.2, 0.25) is 0 Å². The molecule has 3 saturated carbocycles. The fourth-order valence-corrected chi connectivity index (χ4v) is 4.70. The average Bonchev–Trinajstić information content (AvgIpc) is 3.17. The normalized spacial score (nSPS) is 50.4. The van der Waals surface area contributed by atoms with Crippen LogP contribution in [0.25, 0.3) is 0 Å². The van der Waals surface area contributed by atoms with Gasteiger partial charge in [-0.2, -0.15) is 0 Å². The second-order valence-electron chi connectivity index (χ2n) is 5.95. The third-order valence-electron chi connectivity index (χ3n) is 5.37. The molecule has 0 aromatic rings. The predicted octanol–water partition coefficient (Wildman–Crippen LogP) is 1.90. The Labute approximate surface area is 92.0 Å². The smallest absolute Gasteiger partial charge is 0.0594 e. The summed E-state index contributed by atoms with van der Waals surface area (Å²) in [6, 6.07) is 0. The Balaban J connectivity index is 1.56. The topological polar surface area (TPSA) is 12.5 Å². The van der Waals surface area contributed by atoms with Gasteiger partial charge < -0.3 is 4.74 Å². The summed E-state index contributed by atoms with van der Waals surface area (Å²) >= 11 is 0. The van der Waals surface area contributed by atoms with E-state index in [4.69, 9.17) is 4.74 Å². The molecule has 0 aromatic heterocycles. The Morgan fingerprint density at radius 1 is 1.07 bits per heavy atom. The van der Waals surface area contributed by atoms with Gasteiger partial charge in [0, 0.05) is 18.6 Å². The van der Waals surface area contributed by atoms with Gasteiger partial charge in [-0.15, -0.1) is 0 Å². The fraction of sp³-hybridized carbons (Fsp3) is 1.00. The summed E-state index contributed by atoms with van der Waals surface area (Å²) < 4.78 is 5.49. The largest absolute Gasteiger partial charge is 0.379 e. The van der Waals surface area contributed by atoms with Gasteiger partial charge in [0.2, 0.25) is 0 Å². The van der Waals surface area contributed by atoms with Gasteiger partial charge in [-0.3, -0.25) is 4.90 Å². The van der Waals surface area contributed by atoms with Crippen molar-refractivity contribution in [3.8, 4) is 0 Å². The molecule has 0 bridgehead atoms. The lowest BCUT2D eigenvalue weighted by molar-refractivity contribution is 0.00271. The second-order valence-corrected chi connectivity index (χ2v) is 5.95. The van der Waals surface area contributed by atoms with Crippen molar-refractivity contribution in [2.75, 3.05) is 26.3 Å². The highest BCUT2D eigenvalue weighted by atomic mass is 16.5. The summed E-state index contributed by atoms with van der Waals surface area (Å²) in [7, 11) is 0. The van der Waals surface area contributed by atoms with E-state index in [1.807, 2.05) is 0 Å². The van der Waals surface area contributed by atoms with Crippen molar-refractivity contribution in [2.45, 2.75) is 37.6 Å². The van der Waals surface area contributed by atoms with Crippen LogP contribution in [0.4, 0.5) is 0 Å². The number of ether oxygens (including phenoxy) is 1. The Bertz CT molecular complexity index is 270. The van der Waals surface area contributed by atoms with E-state index in [1.54, 1.807) is 0 Å². The molecule has 0 spiro atoms. The molecule has 4 fully saturated rings. The lowest BCUT2D eigenvalue weighted by Gasteiger charge is -2.35. The van der Waals surface area contributed by atoms with Gasteiger partial charge >= 0.3 is 0 Å². The highest BCUT2D eigenvalue weighted by Gasteiger charge is 2.72. The number of hydrogen-bond acceptors (Lipinski definition) is 2. The molecule has 4 rings (SSSR count). The quantitative estimate of drug-likeness (QED) is 0.685. The third kappa shape index (κ3) is 1.13. The van der Waals surface area contributed by atoms with E-state index in [-0.39, 0.29) is 0 Å². The van der Waals surface area contributed by atoms with Gasteiger partial charge in [0.1, 0.15) is 0 Å². The number of nitrogens with zero attached hydrogens (tertiary/aromatic N) is 1. The van der Waals surface area contributed by atoms with E-state index in [0.29, 0.717) is 5.54 Å². The highest BCUT2D eigenvalue weighted by Crippen LogP contribution is 2.71. The van der Waals surface area contributed by atoms with Crippen LogP contribution in [0.5, 0.6) is 0 Å². The van der Waals surface area contributed by atoms with Crippen LogP contribution in [0, 0.1) is 17.8 Å². The summed E-state index contributed by atoms with van der Waals surface area (Å²) in [4.78, 5) is 2.80. The standard InChI is InChI=1S/C13H21NO/c1-2-11-12(10-3-4-10)13(11,5-1)14-6-8-15-9-7-14/h10-12H,1-9H2/t11-,12-,13+/m0/s1. The zero-order valence-electron chi connectivity index (χ0n) is 9.45. The maximum absolute atomic E-state index is 5.49. The zero-order chi connectivity index (χ0) is 9.88.